The van der Waals surface area contributed by atoms with Gasteiger partial charge in [-0.15, -0.1) is 0 Å². The fourth-order valence-electron chi connectivity index (χ4n) is 2.72. The van der Waals surface area contributed by atoms with Crippen LogP contribution in [0.2, 0.25) is 0 Å². The van der Waals surface area contributed by atoms with Crippen molar-refractivity contribution in [2.75, 3.05) is 13.1 Å². The van der Waals surface area contributed by atoms with Gasteiger partial charge in [-0.05, 0) is 36.6 Å². The van der Waals surface area contributed by atoms with Crippen molar-refractivity contribution >= 4 is 0 Å². The molecule has 2 aromatic rings. The SMILES string of the molecule is CCn1cc(CC2(c3ccc(F)cc3)CNC2)cn1. The summed E-state index contributed by atoms with van der Waals surface area (Å²) in [6.45, 7) is 4.85. The Hall–Kier alpha value is -1.68. The molecule has 1 aromatic heterocycles. The lowest BCUT2D eigenvalue weighted by molar-refractivity contribution is 0.274. The van der Waals surface area contributed by atoms with E-state index in [-0.39, 0.29) is 11.2 Å². The van der Waals surface area contributed by atoms with Gasteiger partial charge in [0.05, 0.1) is 6.20 Å². The maximum atomic E-state index is 13.0. The van der Waals surface area contributed by atoms with E-state index in [0.717, 1.165) is 26.1 Å². The van der Waals surface area contributed by atoms with Gasteiger partial charge in [-0.3, -0.25) is 4.68 Å². The molecule has 1 N–H and O–H groups in total. The number of nitrogens with one attached hydrogen (secondary N) is 1. The molecule has 0 saturated carbocycles. The molecule has 0 spiro atoms. The lowest BCUT2D eigenvalue weighted by atomic mass is 9.71. The third-order valence-electron chi connectivity index (χ3n) is 3.94. The molecular formula is C15H18FN3. The summed E-state index contributed by atoms with van der Waals surface area (Å²) < 4.78 is 15.0. The minimum Gasteiger partial charge on any atom is -0.315 e. The van der Waals surface area contributed by atoms with Gasteiger partial charge in [0.2, 0.25) is 0 Å². The molecule has 1 fully saturated rings. The second-order valence-corrected chi connectivity index (χ2v) is 5.27. The highest BCUT2D eigenvalue weighted by molar-refractivity contribution is 5.32. The number of aryl methyl sites for hydroxylation is 1. The summed E-state index contributed by atoms with van der Waals surface area (Å²) in [5.74, 6) is -0.176. The predicted molar refractivity (Wildman–Crippen MR) is 72.6 cm³/mol. The van der Waals surface area contributed by atoms with Gasteiger partial charge in [-0.2, -0.15) is 5.10 Å². The number of hydrogen-bond acceptors (Lipinski definition) is 2. The Kier molecular flexibility index (Phi) is 3.11. The van der Waals surface area contributed by atoms with Crippen molar-refractivity contribution in [3.8, 4) is 0 Å². The highest BCUT2D eigenvalue weighted by Gasteiger charge is 2.38. The molecule has 0 amide bonds. The molecule has 3 nitrogen and oxygen atoms in total. The quantitative estimate of drug-likeness (QED) is 0.911. The van der Waals surface area contributed by atoms with Crippen molar-refractivity contribution in [3.05, 3.63) is 53.6 Å². The van der Waals surface area contributed by atoms with E-state index in [4.69, 9.17) is 0 Å². The van der Waals surface area contributed by atoms with Crippen LogP contribution in [0.15, 0.2) is 36.7 Å². The zero-order chi connectivity index (χ0) is 13.3. The number of halogens is 1. The summed E-state index contributed by atoms with van der Waals surface area (Å²) in [5.41, 5.74) is 2.54. The highest BCUT2D eigenvalue weighted by atomic mass is 19.1. The van der Waals surface area contributed by atoms with E-state index < -0.39 is 0 Å². The molecule has 19 heavy (non-hydrogen) atoms. The van der Waals surface area contributed by atoms with Crippen LogP contribution >= 0.6 is 0 Å². The second-order valence-electron chi connectivity index (χ2n) is 5.27. The molecule has 3 rings (SSSR count). The van der Waals surface area contributed by atoms with Gasteiger partial charge < -0.3 is 5.32 Å². The lowest BCUT2D eigenvalue weighted by Gasteiger charge is -2.43. The molecular weight excluding hydrogens is 241 g/mol. The van der Waals surface area contributed by atoms with Crippen molar-refractivity contribution in [2.45, 2.75) is 25.3 Å². The molecule has 1 aliphatic heterocycles. The Balaban J connectivity index is 1.84. The van der Waals surface area contributed by atoms with E-state index in [1.807, 2.05) is 23.0 Å². The standard InChI is InChI=1S/C15H18FN3/c1-2-19-9-12(8-18-19)7-15(10-17-11-15)13-3-5-14(16)6-4-13/h3-6,8-9,17H,2,7,10-11H2,1H3. The van der Waals surface area contributed by atoms with Crippen LogP contribution in [0.5, 0.6) is 0 Å². The first-order chi connectivity index (χ1) is 9.22. The van der Waals surface area contributed by atoms with Crippen LogP contribution in [0, 0.1) is 5.82 Å². The number of aromatic nitrogens is 2. The van der Waals surface area contributed by atoms with Crippen LogP contribution in [-0.4, -0.2) is 22.9 Å². The van der Waals surface area contributed by atoms with Gasteiger partial charge in [-0.25, -0.2) is 4.39 Å². The molecule has 2 heterocycles. The molecule has 1 saturated heterocycles. The summed E-state index contributed by atoms with van der Waals surface area (Å²) in [6.07, 6.45) is 4.99. The summed E-state index contributed by atoms with van der Waals surface area (Å²) in [6, 6.07) is 6.90. The summed E-state index contributed by atoms with van der Waals surface area (Å²) in [4.78, 5) is 0. The van der Waals surface area contributed by atoms with Gasteiger partial charge in [0.25, 0.3) is 0 Å². The number of nitrogens with zero attached hydrogens (tertiary/aromatic N) is 2. The first kappa shape index (κ1) is 12.4. The van der Waals surface area contributed by atoms with Crippen molar-refractivity contribution in [1.29, 1.82) is 0 Å². The van der Waals surface area contributed by atoms with Crippen molar-refractivity contribution in [1.82, 2.24) is 15.1 Å². The van der Waals surface area contributed by atoms with E-state index in [1.165, 1.54) is 11.1 Å². The average Bonchev–Trinajstić information content (AvgIpc) is 2.83. The Bertz CT molecular complexity index is 555. The normalized spacial score (nSPS) is 17.2. The predicted octanol–water partition coefficient (Wildman–Crippen LogP) is 2.13. The zero-order valence-electron chi connectivity index (χ0n) is 11.1. The fourth-order valence-corrected chi connectivity index (χ4v) is 2.72. The Morgan fingerprint density at radius 2 is 2.05 bits per heavy atom. The molecule has 0 radical (unpaired) electrons. The molecule has 0 unspecified atom stereocenters. The first-order valence-corrected chi connectivity index (χ1v) is 6.70. The third-order valence-corrected chi connectivity index (χ3v) is 3.94. The highest BCUT2D eigenvalue weighted by Crippen LogP contribution is 2.32. The van der Waals surface area contributed by atoms with E-state index in [9.17, 15) is 4.39 Å². The van der Waals surface area contributed by atoms with Crippen LogP contribution in [-0.2, 0) is 18.4 Å². The number of rotatable bonds is 4. The first-order valence-electron chi connectivity index (χ1n) is 6.70. The molecule has 0 atom stereocenters. The Labute approximate surface area is 112 Å². The monoisotopic (exact) mass is 259 g/mol. The van der Waals surface area contributed by atoms with Crippen LogP contribution in [0.1, 0.15) is 18.1 Å². The maximum absolute atomic E-state index is 13.0. The fraction of sp³-hybridized carbons (Fsp3) is 0.400. The van der Waals surface area contributed by atoms with E-state index >= 15 is 0 Å². The molecule has 0 aliphatic carbocycles. The molecule has 1 aliphatic rings. The van der Waals surface area contributed by atoms with Gasteiger partial charge in [-0.1, -0.05) is 12.1 Å². The van der Waals surface area contributed by atoms with Crippen molar-refractivity contribution in [3.63, 3.8) is 0 Å². The van der Waals surface area contributed by atoms with Gasteiger partial charge in [0.15, 0.2) is 0 Å². The van der Waals surface area contributed by atoms with Crippen molar-refractivity contribution < 1.29 is 4.39 Å². The van der Waals surface area contributed by atoms with Crippen molar-refractivity contribution in [2.24, 2.45) is 0 Å². The molecule has 1 aromatic carbocycles. The van der Waals surface area contributed by atoms with Gasteiger partial charge >= 0.3 is 0 Å². The number of hydrogen-bond donors (Lipinski definition) is 1. The Morgan fingerprint density at radius 1 is 1.32 bits per heavy atom. The van der Waals surface area contributed by atoms with Gasteiger partial charge in [0, 0.05) is 31.2 Å². The van der Waals surface area contributed by atoms with Crippen LogP contribution in [0.3, 0.4) is 0 Å². The Morgan fingerprint density at radius 3 is 2.58 bits per heavy atom. The minimum atomic E-state index is -0.176. The second kappa shape index (κ2) is 4.78. The van der Waals surface area contributed by atoms with Crippen LogP contribution in [0.25, 0.3) is 0 Å². The smallest absolute Gasteiger partial charge is 0.123 e. The molecule has 4 heteroatoms. The average molecular weight is 259 g/mol. The van der Waals surface area contributed by atoms with Crippen LogP contribution in [0.4, 0.5) is 4.39 Å². The molecule has 0 bridgehead atoms. The largest absolute Gasteiger partial charge is 0.315 e. The minimum absolute atomic E-state index is 0.0926. The van der Waals surface area contributed by atoms with Crippen LogP contribution < -0.4 is 5.32 Å². The topological polar surface area (TPSA) is 29.9 Å². The van der Waals surface area contributed by atoms with E-state index in [0.29, 0.717) is 0 Å². The van der Waals surface area contributed by atoms with Gasteiger partial charge in [0.1, 0.15) is 5.82 Å². The summed E-state index contributed by atoms with van der Waals surface area (Å²) in [5, 5.41) is 7.66. The van der Waals surface area contributed by atoms with E-state index in [1.54, 1.807) is 12.1 Å². The maximum Gasteiger partial charge on any atom is 0.123 e. The summed E-state index contributed by atoms with van der Waals surface area (Å²) in [7, 11) is 0. The zero-order valence-corrected chi connectivity index (χ0v) is 11.1. The van der Waals surface area contributed by atoms with E-state index in [2.05, 4.69) is 23.5 Å². The lowest BCUT2D eigenvalue weighted by Crippen LogP contribution is -2.58. The third kappa shape index (κ3) is 2.28. The summed E-state index contributed by atoms with van der Waals surface area (Å²) >= 11 is 0. The molecule has 100 valence electrons. The number of benzene rings is 1.